The van der Waals surface area contributed by atoms with Crippen molar-refractivity contribution >= 4 is 38.9 Å². The molecular formula is C11H15ClN2O3S2. The molecule has 0 atom stereocenters. The Kier molecular flexibility index (Phi) is 4.50. The van der Waals surface area contributed by atoms with Crippen molar-refractivity contribution < 1.29 is 13.2 Å². The van der Waals surface area contributed by atoms with Crippen molar-refractivity contribution in [2.45, 2.75) is 24.0 Å². The van der Waals surface area contributed by atoms with Gasteiger partial charge in [-0.15, -0.1) is 11.3 Å². The van der Waals surface area contributed by atoms with Gasteiger partial charge in [0.25, 0.3) is 0 Å². The Labute approximate surface area is 121 Å². The zero-order chi connectivity index (χ0) is 14.0. The summed E-state index contributed by atoms with van der Waals surface area (Å²) < 4.78 is 26.9. The zero-order valence-corrected chi connectivity index (χ0v) is 12.8. The van der Waals surface area contributed by atoms with Gasteiger partial charge in [-0.3, -0.25) is 4.79 Å². The highest BCUT2D eigenvalue weighted by molar-refractivity contribution is 7.91. The van der Waals surface area contributed by atoms with E-state index in [2.05, 4.69) is 10.0 Å². The Hall–Kier alpha value is -0.630. The molecule has 1 fully saturated rings. The van der Waals surface area contributed by atoms with Crippen LogP contribution in [0.4, 0.5) is 0 Å². The topological polar surface area (TPSA) is 75.3 Å². The lowest BCUT2D eigenvalue weighted by atomic mass is 10.4. The van der Waals surface area contributed by atoms with Gasteiger partial charge in [-0.05, 0) is 31.4 Å². The van der Waals surface area contributed by atoms with Crippen molar-refractivity contribution in [3.05, 3.63) is 16.0 Å². The standard InChI is InChI=1S/C11H15ClN2O3S2/c1-7-6-9(18-10(7)12)19(16,17)14-5-4-13-11(15)8-2-3-8/h6,8,14H,2-5H2,1H3,(H,13,15). The maximum Gasteiger partial charge on any atom is 0.250 e. The number of carbonyl (C=O) groups is 1. The fourth-order valence-corrected chi connectivity index (χ4v) is 4.28. The number of thiophene rings is 1. The number of hydrogen-bond acceptors (Lipinski definition) is 4. The van der Waals surface area contributed by atoms with Crippen LogP contribution in [0.25, 0.3) is 0 Å². The molecule has 1 saturated carbocycles. The first-order valence-corrected chi connectivity index (χ1v) is 8.61. The van der Waals surface area contributed by atoms with Crippen LogP contribution >= 0.6 is 22.9 Å². The maximum absolute atomic E-state index is 11.9. The van der Waals surface area contributed by atoms with Crippen LogP contribution in [0, 0.1) is 12.8 Å². The third kappa shape index (κ3) is 3.92. The quantitative estimate of drug-likeness (QED) is 0.780. The summed E-state index contributed by atoms with van der Waals surface area (Å²) in [7, 11) is -3.53. The van der Waals surface area contributed by atoms with Gasteiger partial charge in [-0.25, -0.2) is 13.1 Å². The third-order valence-electron chi connectivity index (χ3n) is 2.76. The number of aryl methyl sites for hydroxylation is 1. The van der Waals surface area contributed by atoms with Crippen LogP contribution in [0.15, 0.2) is 10.3 Å². The van der Waals surface area contributed by atoms with E-state index in [1.165, 1.54) is 6.07 Å². The smallest absolute Gasteiger partial charge is 0.250 e. The summed E-state index contributed by atoms with van der Waals surface area (Å²) in [5.74, 6) is 0.143. The molecule has 0 aromatic carbocycles. The zero-order valence-electron chi connectivity index (χ0n) is 10.4. The summed E-state index contributed by atoms with van der Waals surface area (Å²) in [6.07, 6.45) is 1.87. The van der Waals surface area contributed by atoms with Crippen molar-refractivity contribution in [2.24, 2.45) is 5.92 Å². The molecule has 1 amide bonds. The van der Waals surface area contributed by atoms with Gasteiger partial charge in [-0.2, -0.15) is 0 Å². The second kappa shape index (κ2) is 5.78. The normalized spacial score (nSPS) is 15.5. The van der Waals surface area contributed by atoms with Gasteiger partial charge in [-0.1, -0.05) is 11.6 Å². The van der Waals surface area contributed by atoms with E-state index in [1.54, 1.807) is 6.92 Å². The van der Waals surface area contributed by atoms with Crippen LogP contribution < -0.4 is 10.0 Å². The minimum atomic E-state index is -3.53. The van der Waals surface area contributed by atoms with Crippen LogP contribution in [0.1, 0.15) is 18.4 Å². The molecule has 106 valence electrons. The van der Waals surface area contributed by atoms with E-state index in [1.807, 2.05) is 0 Å². The summed E-state index contributed by atoms with van der Waals surface area (Å²) in [5, 5.41) is 2.70. The SMILES string of the molecule is Cc1cc(S(=O)(=O)NCCNC(=O)C2CC2)sc1Cl. The molecule has 1 aliphatic carbocycles. The first-order valence-electron chi connectivity index (χ1n) is 5.93. The monoisotopic (exact) mass is 322 g/mol. The average molecular weight is 323 g/mol. The van der Waals surface area contributed by atoms with Gasteiger partial charge in [0.2, 0.25) is 15.9 Å². The van der Waals surface area contributed by atoms with Gasteiger partial charge in [0.15, 0.2) is 0 Å². The summed E-state index contributed by atoms with van der Waals surface area (Å²) in [6, 6.07) is 1.54. The summed E-state index contributed by atoms with van der Waals surface area (Å²) >= 11 is 6.88. The predicted molar refractivity (Wildman–Crippen MR) is 75.0 cm³/mol. The molecule has 2 N–H and O–H groups in total. The third-order valence-corrected chi connectivity index (χ3v) is 6.25. The molecule has 1 heterocycles. The Balaban J connectivity index is 1.82. The van der Waals surface area contributed by atoms with Crippen molar-refractivity contribution in [2.75, 3.05) is 13.1 Å². The summed E-state index contributed by atoms with van der Waals surface area (Å²) in [5.41, 5.74) is 0.745. The van der Waals surface area contributed by atoms with E-state index >= 15 is 0 Å². The highest BCUT2D eigenvalue weighted by Gasteiger charge is 2.29. The molecular weight excluding hydrogens is 308 g/mol. The highest BCUT2D eigenvalue weighted by atomic mass is 35.5. The lowest BCUT2D eigenvalue weighted by molar-refractivity contribution is -0.122. The van der Waals surface area contributed by atoms with E-state index in [4.69, 9.17) is 11.6 Å². The summed E-state index contributed by atoms with van der Waals surface area (Å²) in [6.45, 7) is 2.23. The van der Waals surface area contributed by atoms with Crippen molar-refractivity contribution in [3.63, 3.8) is 0 Å². The van der Waals surface area contributed by atoms with E-state index in [-0.39, 0.29) is 22.6 Å². The van der Waals surface area contributed by atoms with E-state index < -0.39 is 10.0 Å². The maximum atomic E-state index is 11.9. The van der Waals surface area contributed by atoms with Crippen LogP contribution in [0.3, 0.4) is 0 Å². The second-order valence-electron chi connectivity index (χ2n) is 4.49. The van der Waals surface area contributed by atoms with Crippen LogP contribution in [0.2, 0.25) is 4.34 Å². The highest BCUT2D eigenvalue weighted by Crippen LogP contribution is 2.30. The molecule has 1 aromatic rings. The molecule has 0 saturated heterocycles. The Morgan fingerprint density at radius 3 is 2.68 bits per heavy atom. The fraction of sp³-hybridized carbons (Fsp3) is 0.545. The average Bonchev–Trinajstić information content (AvgIpc) is 3.12. The van der Waals surface area contributed by atoms with Gasteiger partial charge < -0.3 is 5.32 Å². The van der Waals surface area contributed by atoms with Crippen molar-refractivity contribution in [1.82, 2.24) is 10.0 Å². The van der Waals surface area contributed by atoms with Gasteiger partial charge in [0.1, 0.15) is 4.21 Å². The molecule has 0 radical (unpaired) electrons. The van der Waals surface area contributed by atoms with Gasteiger partial charge >= 0.3 is 0 Å². The summed E-state index contributed by atoms with van der Waals surface area (Å²) in [4.78, 5) is 11.3. The molecule has 0 unspecified atom stereocenters. The molecule has 1 aliphatic rings. The van der Waals surface area contributed by atoms with E-state index in [0.29, 0.717) is 10.9 Å². The number of nitrogens with one attached hydrogen (secondary N) is 2. The number of halogens is 1. The van der Waals surface area contributed by atoms with Crippen LogP contribution in [-0.4, -0.2) is 27.4 Å². The predicted octanol–water partition coefficient (Wildman–Crippen LogP) is 1.51. The van der Waals surface area contributed by atoms with Crippen LogP contribution in [0.5, 0.6) is 0 Å². The number of sulfonamides is 1. The molecule has 5 nitrogen and oxygen atoms in total. The Bertz CT molecular complexity index is 559. The lowest BCUT2D eigenvalue weighted by Gasteiger charge is -2.06. The number of amides is 1. The molecule has 19 heavy (non-hydrogen) atoms. The number of rotatable bonds is 6. The number of carbonyl (C=O) groups excluding carboxylic acids is 1. The van der Waals surface area contributed by atoms with Gasteiger partial charge in [0.05, 0.1) is 4.34 Å². The van der Waals surface area contributed by atoms with Gasteiger partial charge in [0, 0.05) is 19.0 Å². The van der Waals surface area contributed by atoms with Crippen molar-refractivity contribution in [3.8, 4) is 0 Å². The first kappa shape index (κ1) is 14.8. The van der Waals surface area contributed by atoms with E-state index in [9.17, 15) is 13.2 Å². The van der Waals surface area contributed by atoms with E-state index in [0.717, 1.165) is 29.7 Å². The first-order chi connectivity index (χ1) is 8.90. The molecule has 8 heteroatoms. The Morgan fingerprint density at radius 2 is 2.16 bits per heavy atom. The molecule has 2 rings (SSSR count). The molecule has 0 spiro atoms. The molecule has 0 bridgehead atoms. The fourth-order valence-electron chi connectivity index (χ4n) is 1.50. The number of hydrogen-bond donors (Lipinski definition) is 2. The second-order valence-corrected chi connectivity index (χ2v) is 8.13. The minimum Gasteiger partial charge on any atom is -0.355 e. The molecule has 1 aromatic heterocycles. The lowest BCUT2D eigenvalue weighted by Crippen LogP contribution is -2.35. The minimum absolute atomic E-state index is 0.00853. The molecule has 0 aliphatic heterocycles. The Morgan fingerprint density at radius 1 is 1.47 bits per heavy atom. The largest absolute Gasteiger partial charge is 0.355 e. The van der Waals surface area contributed by atoms with Crippen LogP contribution in [-0.2, 0) is 14.8 Å². The van der Waals surface area contributed by atoms with Crippen molar-refractivity contribution in [1.29, 1.82) is 0 Å².